The lowest BCUT2D eigenvalue weighted by Gasteiger charge is -1.87. The van der Waals surface area contributed by atoms with E-state index in [2.05, 4.69) is 21.1 Å². The van der Waals surface area contributed by atoms with Gasteiger partial charge in [-0.15, -0.1) is 0 Å². The van der Waals surface area contributed by atoms with Crippen molar-refractivity contribution in [3.8, 4) is 0 Å². The minimum atomic E-state index is 0.862. The number of benzene rings is 1. The van der Waals surface area contributed by atoms with Gasteiger partial charge >= 0.3 is 0 Å². The number of aryl methyl sites for hydroxylation is 1. The Labute approximate surface area is 72.3 Å². The van der Waals surface area contributed by atoms with E-state index in [9.17, 15) is 0 Å². The van der Waals surface area contributed by atoms with Gasteiger partial charge in [0.25, 0.3) is 0 Å². The number of rotatable bonds is 0. The van der Waals surface area contributed by atoms with Crippen LogP contribution in [-0.4, -0.2) is 5.16 Å². The molecule has 0 fully saturated rings. The molecule has 0 aliphatic carbocycles. The summed E-state index contributed by atoms with van der Waals surface area (Å²) in [6.07, 6.45) is 0. The van der Waals surface area contributed by atoms with Crippen molar-refractivity contribution >= 4 is 26.8 Å². The van der Waals surface area contributed by atoms with Crippen molar-refractivity contribution < 1.29 is 4.52 Å². The van der Waals surface area contributed by atoms with Gasteiger partial charge in [-0.05, 0) is 25.1 Å². The third kappa shape index (κ3) is 1.05. The molecule has 2 rings (SSSR count). The Bertz CT molecular complexity index is 394. The summed E-state index contributed by atoms with van der Waals surface area (Å²) >= 11 is 3.38. The summed E-state index contributed by atoms with van der Waals surface area (Å²) < 4.78 is 6.05. The van der Waals surface area contributed by atoms with Crippen LogP contribution in [0.2, 0.25) is 0 Å². The van der Waals surface area contributed by atoms with Gasteiger partial charge in [0.05, 0.1) is 0 Å². The van der Waals surface area contributed by atoms with Crippen molar-refractivity contribution in [1.82, 2.24) is 5.16 Å². The molecule has 0 bridgehead atoms. The molecule has 0 saturated carbocycles. The monoisotopic (exact) mass is 211 g/mol. The van der Waals surface area contributed by atoms with Gasteiger partial charge in [0.2, 0.25) is 0 Å². The lowest BCUT2D eigenvalue weighted by atomic mass is 10.2. The Morgan fingerprint density at radius 2 is 2.27 bits per heavy atom. The summed E-state index contributed by atoms with van der Waals surface area (Å²) in [5.41, 5.74) is 0.908. The van der Waals surface area contributed by atoms with Gasteiger partial charge < -0.3 is 4.52 Å². The van der Waals surface area contributed by atoms with Crippen molar-refractivity contribution in [2.45, 2.75) is 6.92 Å². The zero-order chi connectivity index (χ0) is 7.84. The van der Waals surface area contributed by atoms with E-state index in [1.165, 1.54) is 0 Å². The van der Waals surface area contributed by atoms with Crippen LogP contribution in [0.5, 0.6) is 0 Å². The van der Waals surface area contributed by atoms with Crippen molar-refractivity contribution in [3.63, 3.8) is 0 Å². The second-order valence-corrected chi connectivity index (χ2v) is 3.32. The number of hydrogen-bond donors (Lipinski definition) is 0. The Kier molecular flexibility index (Phi) is 1.46. The fourth-order valence-electron chi connectivity index (χ4n) is 1.04. The summed E-state index contributed by atoms with van der Waals surface area (Å²) in [4.78, 5) is 0. The van der Waals surface area contributed by atoms with Gasteiger partial charge in [0.1, 0.15) is 11.3 Å². The van der Waals surface area contributed by atoms with Gasteiger partial charge in [-0.2, -0.15) is 0 Å². The molecule has 0 aliphatic heterocycles. The smallest absolute Gasteiger partial charge is 0.141 e. The fourth-order valence-corrected chi connectivity index (χ4v) is 1.40. The summed E-state index contributed by atoms with van der Waals surface area (Å²) in [5, 5.41) is 4.93. The van der Waals surface area contributed by atoms with E-state index < -0.39 is 0 Å². The second kappa shape index (κ2) is 2.34. The van der Waals surface area contributed by atoms with E-state index >= 15 is 0 Å². The number of aromatic nitrogens is 1. The highest BCUT2D eigenvalue weighted by Gasteiger charge is 2.02. The summed E-state index contributed by atoms with van der Waals surface area (Å²) in [7, 11) is 0. The average Bonchev–Trinajstić information content (AvgIpc) is 2.33. The molecule has 2 nitrogen and oxygen atoms in total. The van der Waals surface area contributed by atoms with Gasteiger partial charge in [0.15, 0.2) is 0 Å². The Balaban J connectivity index is 2.87. The minimum Gasteiger partial charge on any atom is -0.360 e. The molecule has 0 spiro atoms. The molecule has 1 aromatic carbocycles. The first kappa shape index (κ1) is 6.85. The lowest BCUT2D eigenvalue weighted by molar-refractivity contribution is 0.405. The summed E-state index contributed by atoms with van der Waals surface area (Å²) in [6.45, 7) is 1.90. The van der Waals surface area contributed by atoms with Crippen LogP contribution >= 0.6 is 15.9 Å². The number of halogens is 1. The molecule has 1 heterocycles. The Morgan fingerprint density at radius 1 is 1.45 bits per heavy atom. The Hall–Kier alpha value is -0.830. The van der Waals surface area contributed by atoms with Gasteiger partial charge in [0, 0.05) is 9.86 Å². The van der Waals surface area contributed by atoms with Crippen LogP contribution in [0, 0.1) is 6.92 Å². The minimum absolute atomic E-state index is 0.862. The third-order valence-corrected chi connectivity index (χ3v) is 2.11. The molecule has 3 heteroatoms. The van der Waals surface area contributed by atoms with Crippen LogP contribution in [0.25, 0.3) is 10.9 Å². The van der Waals surface area contributed by atoms with Gasteiger partial charge in [-0.25, -0.2) is 0 Å². The van der Waals surface area contributed by atoms with E-state index in [4.69, 9.17) is 4.52 Å². The van der Waals surface area contributed by atoms with Gasteiger partial charge in [-0.1, -0.05) is 21.1 Å². The second-order valence-electron chi connectivity index (χ2n) is 2.40. The van der Waals surface area contributed by atoms with Crippen LogP contribution < -0.4 is 0 Å². The van der Waals surface area contributed by atoms with Crippen LogP contribution in [0.3, 0.4) is 0 Å². The highest BCUT2D eigenvalue weighted by Crippen LogP contribution is 2.21. The van der Waals surface area contributed by atoms with Crippen molar-refractivity contribution in [1.29, 1.82) is 0 Å². The molecular weight excluding hydrogens is 206 g/mol. The van der Waals surface area contributed by atoms with E-state index in [-0.39, 0.29) is 0 Å². The first-order valence-corrected chi connectivity index (χ1v) is 4.08. The number of fused-ring (bicyclic) bond motifs is 1. The zero-order valence-electron chi connectivity index (χ0n) is 5.97. The zero-order valence-corrected chi connectivity index (χ0v) is 7.55. The van der Waals surface area contributed by atoms with Gasteiger partial charge in [-0.3, -0.25) is 0 Å². The first-order chi connectivity index (χ1) is 5.27. The number of nitrogens with zero attached hydrogens (tertiary/aromatic N) is 1. The average molecular weight is 212 g/mol. The molecule has 0 N–H and O–H groups in total. The topological polar surface area (TPSA) is 26.0 Å². The van der Waals surface area contributed by atoms with Crippen molar-refractivity contribution in [2.75, 3.05) is 0 Å². The predicted molar refractivity (Wildman–Crippen MR) is 46.4 cm³/mol. The standard InChI is InChI=1S/C8H6BrNO/c1-5-7-4-6(9)2-3-8(7)10-11-5/h2-4H,1H3. The molecule has 0 amide bonds. The molecule has 0 unspecified atom stereocenters. The van der Waals surface area contributed by atoms with E-state index in [1.54, 1.807) is 0 Å². The predicted octanol–water partition coefficient (Wildman–Crippen LogP) is 2.90. The van der Waals surface area contributed by atoms with Crippen LogP contribution in [-0.2, 0) is 0 Å². The first-order valence-electron chi connectivity index (χ1n) is 3.29. The molecule has 0 saturated heterocycles. The van der Waals surface area contributed by atoms with Crippen LogP contribution in [0.4, 0.5) is 0 Å². The molecule has 11 heavy (non-hydrogen) atoms. The molecule has 0 aliphatic rings. The normalized spacial score (nSPS) is 10.7. The summed E-state index contributed by atoms with van der Waals surface area (Å²) in [5.74, 6) is 0.862. The maximum Gasteiger partial charge on any atom is 0.141 e. The Morgan fingerprint density at radius 3 is 3.09 bits per heavy atom. The van der Waals surface area contributed by atoms with Crippen molar-refractivity contribution in [3.05, 3.63) is 28.4 Å². The molecule has 0 radical (unpaired) electrons. The van der Waals surface area contributed by atoms with E-state index in [1.807, 2.05) is 25.1 Å². The molecule has 0 atom stereocenters. The van der Waals surface area contributed by atoms with E-state index in [0.29, 0.717) is 0 Å². The highest BCUT2D eigenvalue weighted by molar-refractivity contribution is 9.10. The largest absolute Gasteiger partial charge is 0.360 e. The molecular formula is C8H6BrNO. The fraction of sp³-hybridized carbons (Fsp3) is 0.125. The van der Waals surface area contributed by atoms with Crippen molar-refractivity contribution in [2.24, 2.45) is 0 Å². The molecule has 2 aromatic rings. The van der Waals surface area contributed by atoms with E-state index in [0.717, 1.165) is 21.1 Å². The number of hydrogen-bond acceptors (Lipinski definition) is 2. The van der Waals surface area contributed by atoms with Crippen LogP contribution in [0.1, 0.15) is 5.76 Å². The molecule has 1 aromatic heterocycles. The quantitative estimate of drug-likeness (QED) is 0.670. The SMILES string of the molecule is Cc1onc2ccc(Br)cc12. The summed E-state index contributed by atoms with van der Waals surface area (Å²) in [6, 6.07) is 5.88. The maximum atomic E-state index is 5.00. The van der Waals surface area contributed by atoms with Crippen LogP contribution in [0.15, 0.2) is 27.2 Å². The molecule has 56 valence electrons. The lowest BCUT2D eigenvalue weighted by Crippen LogP contribution is -1.68. The third-order valence-electron chi connectivity index (χ3n) is 1.62. The maximum absolute atomic E-state index is 5.00. The highest BCUT2D eigenvalue weighted by atomic mass is 79.9.